The van der Waals surface area contributed by atoms with Gasteiger partial charge in [0.2, 0.25) is 0 Å². The van der Waals surface area contributed by atoms with Gasteiger partial charge in [-0.05, 0) is 99.0 Å². The molecular formula is C44H53FN8O2. The molecule has 2 amide bonds. The summed E-state index contributed by atoms with van der Waals surface area (Å²) >= 11 is 0. The van der Waals surface area contributed by atoms with Crippen molar-refractivity contribution in [1.82, 2.24) is 29.3 Å². The van der Waals surface area contributed by atoms with Crippen LogP contribution >= 0.6 is 0 Å². The fraction of sp³-hybridized carbons (Fsp3) is 0.273. The van der Waals surface area contributed by atoms with E-state index in [1.807, 2.05) is 101 Å². The van der Waals surface area contributed by atoms with Gasteiger partial charge in [-0.15, -0.1) is 0 Å². The number of H-pyrrole nitrogens is 1. The summed E-state index contributed by atoms with van der Waals surface area (Å²) in [6, 6.07) is 32.8. The molecule has 0 aliphatic heterocycles. The van der Waals surface area contributed by atoms with Crippen LogP contribution in [0.3, 0.4) is 0 Å². The van der Waals surface area contributed by atoms with Crippen molar-refractivity contribution in [2.75, 3.05) is 62.2 Å². The number of anilines is 2. The predicted octanol–water partition coefficient (Wildman–Crippen LogP) is 8.08. The molecular weight excluding hydrogens is 692 g/mol. The van der Waals surface area contributed by atoms with Gasteiger partial charge in [-0.2, -0.15) is 0 Å². The second-order valence-electron chi connectivity index (χ2n) is 12.4. The Morgan fingerprint density at radius 1 is 0.600 bits per heavy atom. The number of nitrogens with one attached hydrogen (secondary N) is 1. The zero-order chi connectivity index (χ0) is 39.3. The lowest BCUT2D eigenvalue weighted by Gasteiger charge is -2.27. The summed E-state index contributed by atoms with van der Waals surface area (Å²) < 4.78 is 15.0. The molecule has 4 aromatic carbocycles. The number of likely N-dealkylation sites (N-methyl/N-ethyl adjacent to an activating group) is 2. The molecule has 0 aliphatic rings. The lowest BCUT2D eigenvalue weighted by atomic mass is 10.1. The molecule has 0 bridgehead atoms. The van der Waals surface area contributed by atoms with Gasteiger partial charge in [-0.25, -0.2) is 14.4 Å². The maximum Gasteiger partial charge on any atom is 0.258 e. The van der Waals surface area contributed by atoms with Crippen molar-refractivity contribution in [3.8, 4) is 5.69 Å². The van der Waals surface area contributed by atoms with E-state index in [2.05, 4.69) is 52.4 Å². The van der Waals surface area contributed by atoms with Crippen molar-refractivity contribution in [3.05, 3.63) is 164 Å². The van der Waals surface area contributed by atoms with Crippen LogP contribution in [0.5, 0.6) is 0 Å². The topological polar surface area (TPSA) is 93.6 Å². The fourth-order valence-corrected chi connectivity index (χ4v) is 5.78. The summed E-state index contributed by atoms with van der Waals surface area (Å²) in [5.74, 6) is -0.426. The summed E-state index contributed by atoms with van der Waals surface area (Å²) in [6.07, 6.45) is 10.5. The average Bonchev–Trinajstić information content (AvgIpc) is 4.01. The molecule has 2 aromatic heterocycles. The van der Waals surface area contributed by atoms with Crippen molar-refractivity contribution in [3.63, 3.8) is 0 Å². The molecule has 0 radical (unpaired) electrons. The molecule has 0 spiro atoms. The number of carbonyl (C=O) groups is 2. The Morgan fingerprint density at radius 2 is 1.07 bits per heavy atom. The maximum absolute atomic E-state index is 13.2. The number of aromatic amines is 1. The minimum atomic E-state index is -0.337. The fourth-order valence-electron chi connectivity index (χ4n) is 5.78. The smallest absolute Gasteiger partial charge is 0.258 e. The van der Waals surface area contributed by atoms with Crippen LogP contribution < -0.4 is 9.80 Å². The Labute approximate surface area is 324 Å². The van der Waals surface area contributed by atoms with Crippen molar-refractivity contribution in [1.29, 1.82) is 0 Å². The van der Waals surface area contributed by atoms with Gasteiger partial charge in [-0.3, -0.25) is 9.59 Å². The molecule has 0 saturated heterocycles. The molecule has 288 valence electrons. The minimum absolute atomic E-state index is 0.0190. The first kappa shape index (κ1) is 41.8. The third-order valence-corrected chi connectivity index (χ3v) is 9.11. The van der Waals surface area contributed by atoms with E-state index in [4.69, 9.17) is 0 Å². The van der Waals surface area contributed by atoms with Gasteiger partial charge in [-0.1, -0.05) is 64.1 Å². The van der Waals surface area contributed by atoms with Crippen LogP contribution in [0.15, 0.2) is 147 Å². The molecule has 0 aliphatic carbocycles. The lowest BCUT2D eigenvalue weighted by molar-refractivity contribution is 0.0976. The van der Waals surface area contributed by atoms with Gasteiger partial charge < -0.3 is 29.2 Å². The maximum atomic E-state index is 13.2. The molecule has 0 saturated carbocycles. The number of rotatable bonds is 15. The molecule has 55 heavy (non-hydrogen) atoms. The quantitative estimate of drug-likeness (QED) is 0.114. The van der Waals surface area contributed by atoms with Crippen molar-refractivity contribution in [2.45, 2.75) is 27.7 Å². The number of hydrogen-bond donors (Lipinski definition) is 1. The molecule has 11 heteroatoms. The monoisotopic (exact) mass is 744 g/mol. The third kappa shape index (κ3) is 13.2. The van der Waals surface area contributed by atoms with Gasteiger partial charge in [0.05, 0.1) is 12.7 Å². The first-order valence-electron chi connectivity index (χ1n) is 18.8. The number of carbonyl (C=O) groups excluding carboxylic acids is 2. The zero-order valence-corrected chi connectivity index (χ0v) is 32.3. The van der Waals surface area contributed by atoms with E-state index < -0.39 is 0 Å². The van der Waals surface area contributed by atoms with E-state index in [0.29, 0.717) is 24.2 Å². The van der Waals surface area contributed by atoms with E-state index in [0.717, 1.165) is 56.3 Å². The zero-order valence-electron chi connectivity index (χ0n) is 32.3. The van der Waals surface area contributed by atoms with E-state index in [1.165, 1.54) is 24.3 Å². The molecule has 6 rings (SSSR count). The number of imidazole rings is 2. The summed E-state index contributed by atoms with van der Waals surface area (Å²) in [4.78, 5) is 44.7. The van der Waals surface area contributed by atoms with E-state index in [1.54, 1.807) is 36.1 Å². The van der Waals surface area contributed by atoms with Gasteiger partial charge in [0, 0.05) is 79.2 Å². The molecule has 0 atom stereocenters. The molecule has 6 aromatic rings. The molecule has 1 N–H and O–H groups in total. The van der Waals surface area contributed by atoms with Crippen LogP contribution in [0.1, 0.15) is 48.4 Å². The van der Waals surface area contributed by atoms with Crippen molar-refractivity contribution >= 4 is 23.2 Å². The van der Waals surface area contributed by atoms with Crippen molar-refractivity contribution in [2.24, 2.45) is 0 Å². The van der Waals surface area contributed by atoms with Crippen LogP contribution in [-0.2, 0) is 0 Å². The second-order valence-corrected chi connectivity index (χ2v) is 12.4. The molecule has 2 heterocycles. The summed E-state index contributed by atoms with van der Waals surface area (Å²) in [5.41, 5.74) is 3.94. The van der Waals surface area contributed by atoms with Crippen LogP contribution in [0.2, 0.25) is 0 Å². The highest BCUT2D eigenvalue weighted by Crippen LogP contribution is 2.19. The number of para-hydroxylation sites is 2. The standard InChI is InChI=1S/C22H26N4O.C19H23FN2O.C3H4N2/c1-3-24(4-2)16-17-26(21-8-6-5-7-9-21)22(27)19-10-12-20(13-11-19)25-15-14-23-18-25;1-3-21(4-2)14-15-22(18-8-6-5-7-9-18)19(23)16-10-12-17(20)13-11-16;1-2-5-3-4-1/h5-15,18H,3-4,16-17H2,1-2H3;5-13H,3-4,14-15H2,1-2H3;1-3H,(H,4,5). The molecule has 0 unspecified atom stereocenters. The Balaban J connectivity index is 0.000000219. The van der Waals surface area contributed by atoms with Crippen molar-refractivity contribution < 1.29 is 14.0 Å². The van der Waals surface area contributed by atoms with E-state index >= 15 is 0 Å². The van der Waals surface area contributed by atoms with Gasteiger partial charge >= 0.3 is 0 Å². The van der Waals surface area contributed by atoms with Gasteiger partial charge in [0.25, 0.3) is 11.8 Å². The highest BCUT2D eigenvalue weighted by molar-refractivity contribution is 6.06. The predicted molar refractivity (Wildman–Crippen MR) is 220 cm³/mol. The number of nitrogens with zero attached hydrogens (tertiary/aromatic N) is 7. The lowest BCUT2D eigenvalue weighted by Crippen LogP contribution is -2.38. The normalized spacial score (nSPS) is 10.6. The Bertz CT molecular complexity index is 1880. The number of halogens is 1. The minimum Gasteiger partial charge on any atom is -0.351 e. The number of benzene rings is 4. The first-order chi connectivity index (χ1) is 26.9. The Morgan fingerprint density at radius 3 is 1.44 bits per heavy atom. The van der Waals surface area contributed by atoms with Crippen LogP contribution in [-0.4, -0.2) is 93.5 Å². The van der Waals surface area contributed by atoms with Crippen LogP contribution in [0, 0.1) is 5.82 Å². The first-order valence-corrected chi connectivity index (χ1v) is 18.8. The number of aromatic nitrogens is 4. The van der Waals surface area contributed by atoms with Crippen LogP contribution in [0.4, 0.5) is 15.8 Å². The van der Waals surface area contributed by atoms with Crippen LogP contribution in [0.25, 0.3) is 5.69 Å². The van der Waals surface area contributed by atoms with E-state index in [9.17, 15) is 14.0 Å². The molecule has 10 nitrogen and oxygen atoms in total. The highest BCUT2D eigenvalue weighted by atomic mass is 19.1. The number of amides is 2. The van der Waals surface area contributed by atoms with E-state index in [-0.39, 0.29) is 17.6 Å². The SMILES string of the molecule is CCN(CC)CCN(C(=O)c1ccc(-n2ccnc2)cc1)c1ccccc1.CCN(CC)CCN(C(=O)c1ccc(F)cc1)c1ccccc1.c1c[nH]cn1. The third-order valence-electron chi connectivity index (χ3n) is 9.11. The average molecular weight is 745 g/mol. The largest absolute Gasteiger partial charge is 0.351 e. The Hall–Kier alpha value is -5.91. The highest BCUT2D eigenvalue weighted by Gasteiger charge is 2.20. The summed E-state index contributed by atoms with van der Waals surface area (Å²) in [7, 11) is 0. The summed E-state index contributed by atoms with van der Waals surface area (Å²) in [5, 5.41) is 0. The second kappa shape index (κ2) is 23.0. The number of hydrogen-bond acceptors (Lipinski definition) is 6. The van der Waals surface area contributed by atoms with Gasteiger partial charge in [0.15, 0.2) is 0 Å². The van der Waals surface area contributed by atoms with Gasteiger partial charge in [0.1, 0.15) is 5.82 Å². The molecule has 0 fully saturated rings. The summed E-state index contributed by atoms with van der Waals surface area (Å²) in [6.45, 7) is 15.3. The Kier molecular flexibility index (Phi) is 17.5.